The van der Waals surface area contributed by atoms with Crippen molar-refractivity contribution in [1.29, 1.82) is 0 Å². The Balaban J connectivity index is 1.81. The van der Waals surface area contributed by atoms with Gasteiger partial charge in [-0.25, -0.2) is 13.8 Å². The number of rotatable bonds is 5. The summed E-state index contributed by atoms with van der Waals surface area (Å²) in [6, 6.07) is 10.9. The summed E-state index contributed by atoms with van der Waals surface area (Å²) >= 11 is 6.00. The molecule has 0 saturated heterocycles. The molecule has 2 N–H and O–H groups in total. The minimum absolute atomic E-state index is 0.121. The molecule has 0 saturated carbocycles. The number of benzene rings is 2. The van der Waals surface area contributed by atoms with Gasteiger partial charge in [0.1, 0.15) is 23.2 Å². The summed E-state index contributed by atoms with van der Waals surface area (Å²) in [6.45, 7) is 0. The first-order chi connectivity index (χ1) is 13.0. The van der Waals surface area contributed by atoms with Crippen molar-refractivity contribution < 1.29 is 18.3 Å². The van der Waals surface area contributed by atoms with Crippen molar-refractivity contribution >= 4 is 34.7 Å². The Bertz CT molecular complexity index is 998. The number of anilines is 3. The van der Waals surface area contributed by atoms with Gasteiger partial charge < -0.3 is 15.4 Å². The van der Waals surface area contributed by atoms with Crippen molar-refractivity contribution in [2.75, 3.05) is 17.7 Å². The lowest BCUT2D eigenvalue weighted by Crippen LogP contribution is -2.13. The third-order valence-electron chi connectivity index (χ3n) is 3.63. The molecule has 0 bridgehead atoms. The number of nitrogens with one attached hydrogen (secondary N) is 2. The molecular weight excluding hydrogens is 376 g/mol. The summed E-state index contributed by atoms with van der Waals surface area (Å²) in [6.07, 6.45) is 1.43. The van der Waals surface area contributed by atoms with Gasteiger partial charge in [0.05, 0.1) is 18.5 Å². The summed E-state index contributed by atoms with van der Waals surface area (Å²) in [5.74, 6) is -1.24. The lowest BCUT2D eigenvalue weighted by molar-refractivity contribution is 0.102. The second kappa shape index (κ2) is 8.01. The molecule has 2 aromatic carbocycles. The van der Waals surface area contributed by atoms with Gasteiger partial charge in [-0.1, -0.05) is 11.6 Å². The van der Waals surface area contributed by atoms with Crippen molar-refractivity contribution in [2.45, 2.75) is 0 Å². The molecule has 3 rings (SSSR count). The number of nitrogens with zero attached hydrogens (tertiary/aromatic N) is 1. The maximum Gasteiger partial charge on any atom is 0.255 e. The number of halogens is 3. The fourth-order valence-corrected chi connectivity index (χ4v) is 2.51. The molecule has 1 heterocycles. The molecule has 27 heavy (non-hydrogen) atoms. The van der Waals surface area contributed by atoms with Crippen LogP contribution in [0.15, 0.2) is 54.7 Å². The number of methoxy groups -OCH3 is 1. The van der Waals surface area contributed by atoms with E-state index in [0.29, 0.717) is 28.3 Å². The van der Waals surface area contributed by atoms with E-state index in [4.69, 9.17) is 16.3 Å². The SMILES string of the molecule is COc1ccc(Cl)cc1Nc1cc(C(=O)Nc2ccc(F)cc2F)ccn1. The predicted octanol–water partition coefficient (Wildman–Crippen LogP) is 5.02. The van der Waals surface area contributed by atoms with E-state index in [1.165, 1.54) is 25.4 Å². The molecule has 3 aromatic rings. The second-order valence-electron chi connectivity index (χ2n) is 5.48. The molecule has 8 heteroatoms. The number of carbonyl (C=O) groups is 1. The highest BCUT2D eigenvalue weighted by atomic mass is 35.5. The van der Waals surface area contributed by atoms with E-state index in [-0.39, 0.29) is 11.3 Å². The molecule has 0 fully saturated rings. The first kappa shape index (κ1) is 18.6. The maximum atomic E-state index is 13.7. The second-order valence-corrected chi connectivity index (χ2v) is 5.91. The average molecular weight is 390 g/mol. The minimum atomic E-state index is -0.862. The van der Waals surface area contributed by atoms with Crippen LogP contribution < -0.4 is 15.4 Å². The van der Waals surface area contributed by atoms with Crippen LogP contribution in [0.1, 0.15) is 10.4 Å². The zero-order valence-corrected chi connectivity index (χ0v) is 14.8. The van der Waals surface area contributed by atoms with Gasteiger partial charge in [0, 0.05) is 22.8 Å². The van der Waals surface area contributed by atoms with Gasteiger partial charge >= 0.3 is 0 Å². The number of pyridine rings is 1. The molecule has 5 nitrogen and oxygen atoms in total. The summed E-state index contributed by atoms with van der Waals surface area (Å²) in [7, 11) is 1.52. The Morgan fingerprint density at radius 3 is 2.63 bits per heavy atom. The average Bonchev–Trinajstić information content (AvgIpc) is 2.64. The van der Waals surface area contributed by atoms with Crippen molar-refractivity contribution in [3.63, 3.8) is 0 Å². The number of ether oxygens (including phenoxy) is 1. The summed E-state index contributed by atoms with van der Waals surface area (Å²) in [5.41, 5.74) is 0.682. The highest BCUT2D eigenvalue weighted by Gasteiger charge is 2.12. The predicted molar refractivity (Wildman–Crippen MR) is 99.8 cm³/mol. The Labute approximate surface area is 159 Å². The van der Waals surface area contributed by atoms with E-state index < -0.39 is 17.5 Å². The first-order valence-electron chi connectivity index (χ1n) is 7.79. The maximum absolute atomic E-state index is 13.7. The van der Waals surface area contributed by atoms with E-state index in [9.17, 15) is 13.6 Å². The van der Waals surface area contributed by atoms with Crippen molar-refractivity contribution in [2.24, 2.45) is 0 Å². The van der Waals surface area contributed by atoms with Crippen LogP contribution in [0, 0.1) is 11.6 Å². The van der Waals surface area contributed by atoms with Crippen LogP contribution in [0.3, 0.4) is 0 Å². The van der Waals surface area contributed by atoms with Crippen molar-refractivity contribution in [3.8, 4) is 5.75 Å². The first-order valence-corrected chi connectivity index (χ1v) is 8.17. The Morgan fingerprint density at radius 1 is 1.07 bits per heavy atom. The van der Waals surface area contributed by atoms with Crippen LogP contribution >= 0.6 is 11.6 Å². The molecule has 0 aliphatic heterocycles. The van der Waals surface area contributed by atoms with E-state index >= 15 is 0 Å². The Hall–Kier alpha value is -3.19. The van der Waals surface area contributed by atoms with Gasteiger partial charge in [0.25, 0.3) is 5.91 Å². The third kappa shape index (κ3) is 4.51. The number of hydrogen-bond donors (Lipinski definition) is 2. The molecule has 1 aromatic heterocycles. The summed E-state index contributed by atoms with van der Waals surface area (Å²) in [5, 5.41) is 5.91. The Kier molecular flexibility index (Phi) is 5.52. The molecule has 0 aliphatic rings. The van der Waals surface area contributed by atoms with Gasteiger partial charge in [0.2, 0.25) is 0 Å². The van der Waals surface area contributed by atoms with E-state index in [1.807, 2.05) is 0 Å². The van der Waals surface area contributed by atoms with E-state index in [0.717, 1.165) is 12.1 Å². The highest BCUT2D eigenvalue weighted by Crippen LogP contribution is 2.30. The standard InChI is InChI=1S/C19H14ClF2N3O2/c1-27-17-5-2-12(20)9-16(17)24-18-8-11(6-7-23-18)19(26)25-15-4-3-13(21)10-14(15)22/h2-10H,1H3,(H,23,24)(H,25,26). The van der Waals surface area contributed by atoms with Crippen LogP contribution in [-0.4, -0.2) is 18.0 Å². The smallest absolute Gasteiger partial charge is 0.255 e. The summed E-state index contributed by atoms with van der Waals surface area (Å²) < 4.78 is 31.9. The molecule has 0 unspecified atom stereocenters. The minimum Gasteiger partial charge on any atom is -0.495 e. The van der Waals surface area contributed by atoms with Gasteiger partial charge in [0.15, 0.2) is 0 Å². The number of carbonyl (C=O) groups excluding carboxylic acids is 1. The zero-order chi connectivity index (χ0) is 19.4. The molecule has 138 valence electrons. The van der Waals surface area contributed by atoms with Crippen molar-refractivity contribution in [3.05, 3.63) is 76.9 Å². The molecular formula is C19H14ClF2N3O2. The topological polar surface area (TPSA) is 63.2 Å². The molecule has 1 amide bonds. The Morgan fingerprint density at radius 2 is 1.89 bits per heavy atom. The van der Waals surface area contributed by atoms with E-state index in [1.54, 1.807) is 18.2 Å². The van der Waals surface area contributed by atoms with Gasteiger partial charge in [-0.3, -0.25) is 4.79 Å². The molecule has 0 aliphatic carbocycles. The number of hydrogen-bond acceptors (Lipinski definition) is 4. The van der Waals surface area contributed by atoms with Crippen LogP contribution in [-0.2, 0) is 0 Å². The monoisotopic (exact) mass is 389 g/mol. The number of amides is 1. The van der Waals surface area contributed by atoms with Crippen molar-refractivity contribution in [1.82, 2.24) is 4.98 Å². The van der Waals surface area contributed by atoms with Gasteiger partial charge in [-0.05, 0) is 42.5 Å². The number of aromatic nitrogens is 1. The van der Waals surface area contributed by atoms with E-state index in [2.05, 4.69) is 15.6 Å². The quantitative estimate of drug-likeness (QED) is 0.643. The lowest BCUT2D eigenvalue weighted by atomic mass is 10.2. The van der Waals surface area contributed by atoms with Crippen LogP contribution in [0.25, 0.3) is 0 Å². The molecule has 0 atom stereocenters. The van der Waals surface area contributed by atoms with Gasteiger partial charge in [-0.2, -0.15) is 0 Å². The fraction of sp³-hybridized carbons (Fsp3) is 0.0526. The largest absolute Gasteiger partial charge is 0.495 e. The lowest BCUT2D eigenvalue weighted by Gasteiger charge is -2.12. The highest BCUT2D eigenvalue weighted by molar-refractivity contribution is 6.31. The summed E-state index contributed by atoms with van der Waals surface area (Å²) in [4.78, 5) is 16.5. The molecule has 0 radical (unpaired) electrons. The normalized spacial score (nSPS) is 10.4. The fourth-order valence-electron chi connectivity index (χ4n) is 2.34. The van der Waals surface area contributed by atoms with Crippen LogP contribution in [0.5, 0.6) is 5.75 Å². The molecule has 0 spiro atoms. The van der Waals surface area contributed by atoms with Crippen LogP contribution in [0.4, 0.5) is 26.0 Å². The van der Waals surface area contributed by atoms with Crippen LogP contribution in [0.2, 0.25) is 5.02 Å². The zero-order valence-electron chi connectivity index (χ0n) is 14.1. The third-order valence-corrected chi connectivity index (χ3v) is 3.86. The van der Waals surface area contributed by atoms with Gasteiger partial charge in [-0.15, -0.1) is 0 Å².